The number of alkyl halides is 1. The molecule has 19 heavy (non-hydrogen) atoms. The number of hydrogen-bond donors (Lipinski definition) is 0. The SMILES string of the molecule is CC(C)CCOCCC(CCl)Cc1ccc(F)cc1. The van der Waals surface area contributed by atoms with Gasteiger partial charge in [0, 0.05) is 19.1 Å². The molecule has 0 spiro atoms. The van der Waals surface area contributed by atoms with E-state index in [1.807, 2.05) is 12.1 Å². The van der Waals surface area contributed by atoms with Crippen molar-refractivity contribution in [3.63, 3.8) is 0 Å². The number of benzene rings is 1. The predicted molar refractivity (Wildman–Crippen MR) is 79.2 cm³/mol. The molecule has 1 atom stereocenters. The Morgan fingerprint density at radius 3 is 2.32 bits per heavy atom. The summed E-state index contributed by atoms with van der Waals surface area (Å²) in [5, 5.41) is 0. The first-order chi connectivity index (χ1) is 9.11. The number of rotatable bonds is 9. The van der Waals surface area contributed by atoms with Crippen LogP contribution in [0, 0.1) is 17.7 Å². The monoisotopic (exact) mass is 286 g/mol. The molecule has 0 aliphatic heterocycles. The topological polar surface area (TPSA) is 9.23 Å². The van der Waals surface area contributed by atoms with E-state index in [9.17, 15) is 4.39 Å². The molecule has 0 aliphatic carbocycles. The van der Waals surface area contributed by atoms with Gasteiger partial charge in [-0.3, -0.25) is 0 Å². The third kappa shape index (κ3) is 7.54. The molecule has 0 fully saturated rings. The van der Waals surface area contributed by atoms with Gasteiger partial charge in [0.05, 0.1) is 0 Å². The number of ether oxygens (including phenoxy) is 1. The molecule has 3 heteroatoms. The molecule has 0 N–H and O–H groups in total. The van der Waals surface area contributed by atoms with Crippen LogP contribution in [0.2, 0.25) is 0 Å². The Morgan fingerprint density at radius 2 is 1.74 bits per heavy atom. The van der Waals surface area contributed by atoms with Crippen molar-refractivity contribution in [1.29, 1.82) is 0 Å². The quantitative estimate of drug-likeness (QED) is 0.473. The molecule has 0 amide bonds. The normalized spacial score (nSPS) is 12.9. The Bertz CT molecular complexity index is 337. The van der Waals surface area contributed by atoms with Crippen molar-refractivity contribution in [3.05, 3.63) is 35.6 Å². The highest BCUT2D eigenvalue weighted by Crippen LogP contribution is 2.15. The van der Waals surface area contributed by atoms with Crippen LogP contribution in [0.1, 0.15) is 32.3 Å². The van der Waals surface area contributed by atoms with Gasteiger partial charge in [-0.1, -0.05) is 26.0 Å². The van der Waals surface area contributed by atoms with Crippen LogP contribution in [0.25, 0.3) is 0 Å². The molecule has 1 rings (SSSR count). The van der Waals surface area contributed by atoms with E-state index >= 15 is 0 Å². The summed E-state index contributed by atoms with van der Waals surface area (Å²) in [7, 11) is 0. The van der Waals surface area contributed by atoms with Crippen LogP contribution >= 0.6 is 11.6 Å². The average Bonchev–Trinajstić information content (AvgIpc) is 2.39. The Balaban J connectivity index is 2.24. The third-order valence-electron chi connectivity index (χ3n) is 3.17. The molecule has 0 radical (unpaired) electrons. The van der Waals surface area contributed by atoms with E-state index in [-0.39, 0.29) is 5.82 Å². The van der Waals surface area contributed by atoms with Crippen molar-refractivity contribution in [1.82, 2.24) is 0 Å². The van der Waals surface area contributed by atoms with Crippen molar-refractivity contribution in [2.45, 2.75) is 33.1 Å². The molecule has 0 aromatic heterocycles. The lowest BCUT2D eigenvalue weighted by atomic mass is 9.98. The summed E-state index contributed by atoms with van der Waals surface area (Å²) in [5.41, 5.74) is 1.13. The number of halogens is 2. The maximum atomic E-state index is 12.8. The summed E-state index contributed by atoms with van der Waals surface area (Å²) in [5.74, 6) is 1.50. The molecule has 0 aliphatic rings. The molecule has 1 aromatic carbocycles. The Morgan fingerprint density at radius 1 is 1.11 bits per heavy atom. The van der Waals surface area contributed by atoms with Crippen LogP contribution < -0.4 is 0 Å². The minimum Gasteiger partial charge on any atom is -0.381 e. The first-order valence-corrected chi connectivity index (χ1v) is 7.53. The summed E-state index contributed by atoms with van der Waals surface area (Å²) in [6.07, 6.45) is 2.94. The van der Waals surface area contributed by atoms with Crippen molar-refractivity contribution in [2.24, 2.45) is 11.8 Å². The second kappa shape index (κ2) is 9.33. The maximum Gasteiger partial charge on any atom is 0.123 e. The van der Waals surface area contributed by atoms with E-state index in [0.717, 1.165) is 38.0 Å². The highest BCUT2D eigenvalue weighted by Gasteiger charge is 2.09. The van der Waals surface area contributed by atoms with Gasteiger partial charge in [0.25, 0.3) is 0 Å². The molecular weight excluding hydrogens is 263 g/mol. The maximum absolute atomic E-state index is 12.8. The third-order valence-corrected chi connectivity index (χ3v) is 3.60. The smallest absolute Gasteiger partial charge is 0.123 e. The minimum atomic E-state index is -0.191. The summed E-state index contributed by atoms with van der Waals surface area (Å²) in [4.78, 5) is 0. The van der Waals surface area contributed by atoms with E-state index < -0.39 is 0 Å². The Hall–Kier alpha value is -0.600. The van der Waals surface area contributed by atoms with Crippen molar-refractivity contribution < 1.29 is 9.13 Å². The van der Waals surface area contributed by atoms with E-state index in [4.69, 9.17) is 16.3 Å². The average molecular weight is 287 g/mol. The fourth-order valence-electron chi connectivity index (χ4n) is 1.86. The minimum absolute atomic E-state index is 0.191. The van der Waals surface area contributed by atoms with Crippen LogP contribution in [-0.2, 0) is 11.2 Å². The Kier molecular flexibility index (Phi) is 8.08. The molecule has 0 bridgehead atoms. The molecule has 0 saturated heterocycles. The lowest BCUT2D eigenvalue weighted by Gasteiger charge is -2.14. The highest BCUT2D eigenvalue weighted by molar-refractivity contribution is 6.18. The first-order valence-electron chi connectivity index (χ1n) is 7.00. The first kappa shape index (κ1) is 16.5. The van der Waals surface area contributed by atoms with Crippen LogP contribution in [0.4, 0.5) is 4.39 Å². The lowest BCUT2D eigenvalue weighted by molar-refractivity contribution is 0.112. The molecule has 0 heterocycles. The molecule has 1 unspecified atom stereocenters. The zero-order valence-corrected chi connectivity index (χ0v) is 12.6. The van der Waals surface area contributed by atoms with E-state index in [0.29, 0.717) is 17.7 Å². The van der Waals surface area contributed by atoms with E-state index in [1.165, 1.54) is 12.1 Å². The van der Waals surface area contributed by atoms with Gasteiger partial charge in [0.1, 0.15) is 5.82 Å². The summed E-state index contributed by atoms with van der Waals surface area (Å²) in [6.45, 7) is 5.97. The highest BCUT2D eigenvalue weighted by atomic mass is 35.5. The van der Waals surface area contributed by atoms with E-state index in [1.54, 1.807) is 0 Å². The van der Waals surface area contributed by atoms with Crippen molar-refractivity contribution in [3.8, 4) is 0 Å². The Labute approximate surface area is 121 Å². The van der Waals surface area contributed by atoms with Gasteiger partial charge in [-0.25, -0.2) is 4.39 Å². The molecule has 1 nitrogen and oxygen atoms in total. The van der Waals surface area contributed by atoms with Gasteiger partial charge in [-0.2, -0.15) is 0 Å². The summed E-state index contributed by atoms with van der Waals surface area (Å²) in [6, 6.07) is 6.66. The largest absolute Gasteiger partial charge is 0.381 e. The van der Waals surface area contributed by atoms with Crippen molar-refractivity contribution in [2.75, 3.05) is 19.1 Å². The lowest BCUT2D eigenvalue weighted by Crippen LogP contribution is -2.11. The van der Waals surface area contributed by atoms with Gasteiger partial charge in [0.2, 0.25) is 0 Å². The van der Waals surface area contributed by atoms with Crippen LogP contribution in [0.15, 0.2) is 24.3 Å². The van der Waals surface area contributed by atoms with Gasteiger partial charge in [0.15, 0.2) is 0 Å². The van der Waals surface area contributed by atoms with Gasteiger partial charge in [-0.15, -0.1) is 11.6 Å². The van der Waals surface area contributed by atoms with Gasteiger partial charge >= 0.3 is 0 Å². The van der Waals surface area contributed by atoms with E-state index in [2.05, 4.69) is 13.8 Å². The fraction of sp³-hybridized carbons (Fsp3) is 0.625. The van der Waals surface area contributed by atoms with Crippen LogP contribution in [0.3, 0.4) is 0 Å². The number of hydrogen-bond acceptors (Lipinski definition) is 1. The van der Waals surface area contributed by atoms with Crippen LogP contribution in [0.5, 0.6) is 0 Å². The van der Waals surface area contributed by atoms with Crippen molar-refractivity contribution >= 4 is 11.6 Å². The fourth-order valence-corrected chi connectivity index (χ4v) is 2.12. The standard InChI is InChI=1S/C16H24ClFO/c1-13(2)7-9-19-10-8-15(12-17)11-14-3-5-16(18)6-4-14/h3-6,13,15H,7-12H2,1-2H3. The molecule has 108 valence electrons. The van der Waals surface area contributed by atoms with Gasteiger partial charge < -0.3 is 4.74 Å². The molecule has 1 aromatic rings. The predicted octanol–water partition coefficient (Wildman–Crippen LogP) is 4.68. The summed E-state index contributed by atoms with van der Waals surface area (Å²) >= 11 is 5.98. The molecular formula is C16H24ClFO. The van der Waals surface area contributed by atoms with Gasteiger partial charge in [-0.05, 0) is 48.8 Å². The zero-order valence-electron chi connectivity index (χ0n) is 11.9. The van der Waals surface area contributed by atoms with Crippen LogP contribution in [-0.4, -0.2) is 19.1 Å². The molecule has 0 saturated carbocycles. The second-order valence-electron chi connectivity index (χ2n) is 5.43. The second-order valence-corrected chi connectivity index (χ2v) is 5.74. The zero-order chi connectivity index (χ0) is 14.1. The summed E-state index contributed by atoms with van der Waals surface area (Å²) < 4.78 is 18.4.